The quantitative estimate of drug-likeness (QED) is 0.539. The van der Waals surface area contributed by atoms with E-state index in [2.05, 4.69) is 4.74 Å². The maximum atomic E-state index is 10.9. The molecule has 1 N–H and O–H groups in total. The molecule has 0 aliphatic heterocycles. The molecule has 0 aromatic heterocycles. The highest BCUT2D eigenvalue weighted by atomic mass is 16.5. The lowest BCUT2D eigenvalue weighted by atomic mass is 9.87. The van der Waals surface area contributed by atoms with Crippen molar-refractivity contribution >= 4 is 18.9 Å². The van der Waals surface area contributed by atoms with E-state index >= 15 is 0 Å². The van der Waals surface area contributed by atoms with Crippen molar-refractivity contribution in [2.45, 2.75) is 12.8 Å². The van der Waals surface area contributed by atoms with Gasteiger partial charge >= 0.3 is 13.5 Å². The van der Waals surface area contributed by atoms with Crippen LogP contribution in [0.25, 0.3) is 0 Å². The summed E-state index contributed by atoms with van der Waals surface area (Å²) in [4.78, 5) is 10.9. The number of methoxy groups -OCH3 is 1. The lowest BCUT2D eigenvalue weighted by Gasteiger charge is -2.01. The van der Waals surface area contributed by atoms with Crippen LogP contribution in [-0.4, -0.2) is 25.6 Å². The zero-order valence-corrected chi connectivity index (χ0v) is 8.06. The summed E-state index contributed by atoms with van der Waals surface area (Å²) in [5.74, 6) is -0.219. The molecule has 0 bridgehead atoms. The Morgan fingerprint density at radius 3 is 3.00 bits per heavy atom. The second kappa shape index (κ2) is 5.45. The number of aryl methyl sites for hydroxylation is 1. The lowest BCUT2D eigenvalue weighted by Crippen LogP contribution is -2.13. The van der Waals surface area contributed by atoms with Crippen molar-refractivity contribution in [1.29, 1.82) is 0 Å². The molecule has 1 aromatic carbocycles. The molecular weight excluding hydrogens is 179 g/mol. The van der Waals surface area contributed by atoms with Crippen LogP contribution in [0.3, 0.4) is 0 Å². The molecule has 14 heavy (non-hydrogen) atoms. The van der Waals surface area contributed by atoms with Gasteiger partial charge in [0.15, 0.2) is 0 Å². The number of hydrogen-bond acceptors (Lipinski definition) is 3. The van der Waals surface area contributed by atoms with E-state index in [4.69, 9.17) is 5.02 Å². The summed E-state index contributed by atoms with van der Waals surface area (Å²) in [5, 5.41) is 8.77. The van der Waals surface area contributed by atoms with Gasteiger partial charge in [0.2, 0.25) is 0 Å². The fraction of sp³-hybridized carbons (Fsp3) is 0.300. The third-order valence-corrected chi connectivity index (χ3v) is 1.95. The molecule has 1 aromatic rings. The zero-order valence-electron chi connectivity index (χ0n) is 8.06. The molecule has 0 atom stereocenters. The van der Waals surface area contributed by atoms with E-state index in [9.17, 15) is 4.79 Å². The summed E-state index contributed by atoms with van der Waals surface area (Å²) in [6, 6.07) is 7.38. The summed E-state index contributed by atoms with van der Waals surface area (Å²) in [6.45, 7) is 0. The van der Waals surface area contributed by atoms with Crippen LogP contribution in [0.5, 0.6) is 0 Å². The van der Waals surface area contributed by atoms with E-state index in [-0.39, 0.29) is 5.97 Å². The Morgan fingerprint density at radius 2 is 2.36 bits per heavy atom. The summed E-state index contributed by atoms with van der Waals surface area (Å²) in [7, 11) is 2.42. The maximum Gasteiger partial charge on any atom is 0.326 e. The first-order valence-corrected chi connectivity index (χ1v) is 4.39. The van der Waals surface area contributed by atoms with Crippen LogP contribution in [0.1, 0.15) is 12.0 Å². The van der Waals surface area contributed by atoms with E-state index in [0.717, 1.165) is 18.5 Å². The van der Waals surface area contributed by atoms with Gasteiger partial charge in [-0.2, -0.15) is 0 Å². The Morgan fingerprint density at radius 1 is 1.57 bits per heavy atom. The van der Waals surface area contributed by atoms with Crippen LogP contribution < -0.4 is 5.46 Å². The Hall–Kier alpha value is -1.29. The Kier molecular flexibility index (Phi) is 4.20. The van der Waals surface area contributed by atoms with Gasteiger partial charge in [-0.3, -0.25) is 4.79 Å². The highest BCUT2D eigenvalue weighted by Crippen LogP contribution is 2.01. The molecule has 0 spiro atoms. The van der Waals surface area contributed by atoms with E-state index < -0.39 is 0 Å². The minimum atomic E-state index is -0.219. The third-order valence-electron chi connectivity index (χ3n) is 1.95. The third kappa shape index (κ3) is 3.22. The monoisotopic (exact) mass is 191 g/mol. The minimum absolute atomic E-state index is 0.219. The van der Waals surface area contributed by atoms with Crippen LogP contribution in [0.15, 0.2) is 24.3 Å². The van der Waals surface area contributed by atoms with Crippen molar-refractivity contribution in [2.75, 3.05) is 7.11 Å². The highest BCUT2D eigenvalue weighted by Gasteiger charge is 2.02. The number of carbonyl (C=O) groups excluding carboxylic acids is 1. The number of benzene rings is 1. The normalized spacial score (nSPS) is 9.57. The first-order valence-electron chi connectivity index (χ1n) is 4.39. The van der Waals surface area contributed by atoms with Gasteiger partial charge in [0, 0.05) is 6.42 Å². The van der Waals surface area contributed by atoms with Crippen molar-refractivity contribution in [3.05, 3.63) is 29.8 Å². The number of esters is 1. The molecule has 4 heteroatoms. The van der Waals surface area contributed by atoms with Crippen molar-refractivity contribution < 1.29 is 14.6 Å². The summed E-state index contributed by atoms with van der Waals surface area (Å²) in [5.41, 5.74) is 1.76. The predicted octanol–water partition coefficient (Wildman–Crippen LogP) is 0.0290. The molecule has 0 unspecified atom stereocenters. The average Bonchev–Trinajstić information content (AvgIpc) is 2.26. The van der Waals surface area contributed by atoms with Crippen LogP contribution in [-0.2, 0) is 16.0 Å². The lowest BCUT2D eigenvalue weighted by molar-refractivity contribution is -0.140. The number of hydrogen-bond donors (Lipinski definition) is 1. The van der Waals surface area contributed by atoms with Gasteiger partial charge < -0.3 is 9.76 Å². The molecule has 0 aliphatic carbocycles. The molecule has 1 radical (unpaired) electrons. The topological polar surface area (TPSA) is 46.5 Å². The number of ether oxygens (including phenoxy) is 1. The van der Waals surface area contributed by atoms with Crippen LogP contribution in [0, 0.1) is 0 Å². The Balaban J connectivity index is 2.54. The van der Waals surface area contributed by atoms with Gasteiger partial charge in [-0.25, -0.2) is 0 Å². The fourth-order valence-corrected chi connectivity index (χ4v) is 1.18. The standard InChI is InChI=1S/C10H12BO3/c1-14-10(12)6-5-8-3-2-4-9(7-8)11-13/h2-4,7,13H,5-6H2,1H3. The first-order chi connectivity index (χ1) is 6.76. The molecular formula is C10H12BO3. The van der Waals surface area contributed by atoms with Gasteiger partial charge in [-0.05, 0) is 12.0 Å². The smallest absolute Gasteiger partial charge is 0.326 e. The van der Waals surface area contributed by atoms with Crippen LogP contribution in [0.4, 0.5) is 0 Å². The molecule has 1 rings (SSSR count). The molecule has 0 fully saturated rings. The highest BCUT2D eigenvalue weighted by molar-refractivity contribution is 6.45. The number of rotatable bonds is 4. The van der Waals surface area contributed by atoms with Gasteiger partial charge in [-0.1, -0.05) is 29.7 Å². The van der Waals surface area contributed by atoms with Crippen molar-refractivity contribution in [3.63, 3.8) is 0 Å². The van der Waals surface area contributed by atoms with Gasteiger partial charge in [0.05, 0.1) is 7.11 Å². The summed E-state index contributed by atoms with van der Waals surface area (Å²) in [6.07, 6.45) is 1.000. The van der Waals surface area contributed by atoms with Crippen LogP contribution in [0.2, 0.25) is 0 Å². The molecule has 0 aliphatic rings. The van der Waals surface area contributed by atoms with Gasteiger partial charge in [0.1, 0.15) is 0 Å². The zero-order chi connectivity index (χ0) is 10.4. The number of carbonyl (C=O) groups is 1. The van der Waals surface area contributed by atoms with E-state index in [1.165, 1.54) is 7.11 Å². The Bertz CT molecular complexity index is 312. The molecule has 0 saturated carbocycles. The van der Waals surface area contributed by atoms with Crippen molar-refractivity contribution in [3.8, 4) is 0 Å². The second-order valence-corrected chi connectivity index (χ2v) is 2.95. The minimum Gasteiger partial charge on any atom is -0.469 e. The molecule has 3 nitrogen and oxygen atoms in total. The van der Waals surface area contributed by atoms with Gasteiger partial charge in [-0.15, -0.1) is 0 Å². The largest absolute Gasteiger partial charge is 0.469 e. The fourth-order valence-electron chi connectivity index (χ4n) is 1.18. The SMILES string of the molecule is COC(=O)CCc1cccc([B]O)c1. The Labute approximate surface area is 84.0 Å². The maximum absolute atomic E-state index is 10.9. The first kappa shape index (κ1) is 10.8. The summed E-state index contributed by atoms with van der Waals surface area (Å²) >= 11 is 0. The molecule has 73 valence electrons. The van der Waals surface area contributed by atoms with Gasteiger partial charge in [0.25, 0.3) is 0 Å². The predicted molar refractivity (Wildman–Crippen MR) is 54.4 cm³/mol. The van der Waals surface area contributed by atoms with E-state index in [1.54, 1.807) is 6.07 Å². The van der Waals surface area contributed by atoms with E-state index in [0.29, 0.717) is 12.8 Å². The molecule has 0 amide bonds. The van der Waals surface area contributed by atoms with E-state index in [1.807, 2.05) is 18.2 Å². The summed E-state index contributed by atoms with van der Waals surface area (Å²) < 4.78 is 4.53. The van der Waals surface area contributed by atoms with Crippen molar-refractivity contribution in [2.24, 2.45) is 0 Å². The molecule has 0 saturated heterocycles. The average molecular weight is 191 g/mol. The van der Waals surface area contributed by atoms with Crippen LogP contribution >= 0.6 is 0 Å². The van der Waals surface area contributed by atoms with Crippen molar-refractivity contribution in [1.82, 2.24) is 0 Å². The second-order valence-electron chi connectivity index (χ2n) is 2.95. The molecule has 0 heterocycles.